The van der Waals surface area contributed by atoms with Crippen LogP contribution in [0.5, 0.6) is 11.5 Å². The van der Waals surface area contributed by atoms with Crippen molar-refractivity contribution in [2.75, 3.05) is 18.6 Å². The molecule has 2 heterocycles. The summed E-state index contributed by atoms with van der Waals surface area (Å²) < 4.78 is 18.0. The van der Waals surface area contributed by atoms with E-state index in [9.17, 15) is 14.7 Å². The first-order chi connectivity index (χ1) is 17.9. The third kappa shape index (κ3) is 4.49. The minimum Gasteiger partial charge on any atom is -0.503 e. The molecule has 4 aromatic rings. The number of para-hydroxylation sites is 1. The Hall–Kier alpha value is -4.04. The number of carbonyl (C=O) groups excluding carboxylic acids is 2. The first kappa shape index (κ1) is 24.6. The monoisotopic (exact) mass is 561 g/mol. The minimum atomic E-state index is -0.961. The van der Waals surface area contributed by atoms with Gasteiger partial charge >= 0.3 is 0 Å². The molecule has 7 nitrogen and oxygen atoms in total. The Bertz CT molecular complexity index is 1540. The number of benzene rings is 3. The molecule has 37 heavy (non-hydrogen) atoms. The van der Waals surface area contributed by atoms with Gasteiger partial charge in [0.2, 0.25) is 5.78 Å². The molecule has 0 aliphatic carbocycles. The standard InChI is InChI=1S/C29H24BrNO6/c1-3-13-36-20-8-6-7-19(16-20)31-26(21-9-4-5-10-23(21)35-2)25(28(33)29(31)34)27(32)24-15-17-14-18(30)11-12-22(17)37-24/h4-12,14-16,26,33H,3,13H2,1-2H3. The van der Waals surface area contributed by atoms with Crippen LogP contribution in [-0.4, -0.2) is 30.5 Å². The molecule has 1 N–H and O–H groups in total. The number of Topliss-reactive ketones (excluding diaryl/α,β-unsaturated/α-hetero) is 1. The first-order valence-electron chi connectivity index (χ1n) is 11.8. The van der Waals surface area contributed by atoms with E-state index in [1.165, 1.54) is 12.0 Å². The van der Waals surface area contributed by atoms with Crippen LogP contribution in [0.1, 0.15) is 35.5 Å². The van der Waals surface area contributed by atoms with Crippen LogP contribution in [0.4, 0.5) is 5.69 Å². The quantitative estimate of drug-likeness (QED) is 0.238. The number of nitrogens with zero attached hydrogens (tertiary/aromatic N) is 1. The van der Waals surface area contributed by atoms with Gasteiger partial charge in [0.1, 0.15) is 17.1 Å². The average Bonchev–Trinajstić information content (AvgIpc) is 3.45. The molecular formula is C29H24BrNO6. The molecule has 3 aromatic carbocycles. The number of methoxy groups -OCH3 is 1. The second-order valence-corrected chi connectivity index (χ2v) is 9.47. The maximum absolute atomic E-state index is 13.9. The van der Waals surface area contributed by atoms with E-state index in [0.29, 0.717) is 40.3 Å². The van der Waals surface area contributed by atoms with E-state index >= 15 is 0 Å². The molecular weight excluding hydrogens is 538 g/mol. The number of furan rings is 1. The fraction of sp³-hybridized carbons (Fsp3) is 0.172. The lowest BCUT2D eigenvalue weighted by Gasteiger charge is -2.28. The molecule has 0 spiro atoms. The number of carbonyl (C=O) groups is 2. The average molecular weight is 562 g/mol. The molecule has 0 fully saturated rings. The summed E-state index contributed by atoms with van der Waals surface area (Å²) in [6.07, 6.45) is 0.825. The Morgan fingerprint density at radius 2 is 1.89 bits per heavy atom. The van der Waals surface area contributed by atoms with Crippen molar-refractivity contribution in [2.24, 2.45) is 0 Å². The van der Waals surface area contributed by atoms with E-state index < -0.39 is 23.5 Å². The van der Waals surface area contributed by atoms with Crippen molar-refractivity contribution in [3.63, 3.8) is 0 Å². The lowest BCUT2D eigenvalue weighted by Crippen LogP contribution is -2.31. The molecule has 8 heteroatoms. The predicted octanol–water partition coefficient (Wildman–Crippen LogP) is 6.78. The summed E-state index contributed by atoms with van der Waals surface area (Å²) in [4.78, 5) is 28.8. The number of hydrogen-bond acceptors (Lipinski definition) is 6. The lowest BCUT2D eigenvalue weighted by molar-refractivity contribution is -0.117. The molecule has 0 saturated heterocycles. The van der Waals surface area contributed by atoms with Gasteiger partial charge in [-0.25, -0.2) is 0 Å². The highest BCUT2D eigenvalue weighted by molar-refractivity contribution is 9.10. The van der Waals surface area contributed by atoms with E-state index in [1.54, 1.807) is 60.7 Å². The molecule has 0 radical (unpaired) electrons. The predicted molar refractivity (Wildman–Crippen MR) is 143 cm³/mol. The van der Waals surface area contributed by atoms with Crippen molar-refractivity contribution < 1.29 is 28.6 Å². The van der Waals surface area contributed by atoms with E-state index in [-0.39, 0.29) is 11.3 Å². The van der Waals surface area contributed by atoms with Gasteiger partial charge in [0, 0.05) is 27.2 Å². The number of rotatable bonds is 8. The molecule has 1 unspecified atom stereocenters. The third-order valence-corrected chi connectivity index (χ3v) is 6.65. The molecule has 5 rings (SSSR count). The Kier molecular flexibility index (Phi) is 6.76. The highest BCUT2D eigenvalue weighted by atomic mass is 79.9. The number of ether oxygens (including phenoxy) is 2. The van der Waals surface area contributed by atoms with Crippen LogP contribution in [0, 0.1) is 0 Å². The van der Waals surface area contributed by atoms with E-state index in [4.69, 9.17) is 13.9 Å². The van der Waals surface area contributed by atoms with Crippen molar-refractivity contribution >= 4 is 44.3 Å². The molecule has 0 saturated carbocycles. The number of anilines is 1. The van der Waals surface area contributed by atoms with Gasteiger partial charge in [0.25, 0.3) is 5.91 Å². The van der Waals surface area contributed by atoms with Gasteiger partial charge < -0.3 is 19.0 Å². The van der Waals surface area contributed by atoms with Gasteiger partial charge in [-0.3, -0.25) is 14.5 Å². The number of hydrogen-bond donors (Lipinski definition) is 1. The van der Waals surface area contributed by atoms with Crippen LogP contribution < -0.4 is 14.4 Å². The SMILES string of the molecule is CCCOc1cccc(N2C(=O)C(O)=C(C(=O)c3cc4cc(Br)ccc4o3)C2c2ccccc2OC)c1. The number of aliphatic hydroxyl groups is 1. The zero-order chi connectivity index (χ0) is 26.1. The van der Waals surface area contributed by atoms with Gasteiger partial charge in [-0.1, -0.05) is 47.1 Å². The molecule has 1 amide bonds. The maximum Gasteiger partial charge on any atom is 0.294 e. The summed E-state index contributed by atoms with van der Waals surface area (Å²) in [6, 6.07) is 20.1. The summed E-state index contributed by atoms with van der Waals surface area (Å²) in [7, 11) is 1.52. The number of aliphatic hydroxyl groups excluding tert-OH is 1. The van der Waals surface area contributed by atoms with Gasteiger partial charge in [-0.05, 0) is 48.9 Å². The Balaban J connectivity index is 1.65. The largest absolute Gasteiger partial charge is 0.503 e. The highest BCUT2D eigenvalue weighted by Crippen LogP contribution is 2.45. The van der Waals surface area contributed by atoms with Gasteiger partial charge in [0.15, 0.2) is 11.5 Å². The Morgan fingerprint density at radius 1 is 1.08 bits per heavy atom. The lowest BCUT2D eigenvalue weighted by atomic mass is 9.94. The van der Waals surface area contributed by atoms with Crippen LogP contribution in [0.25, 0.3) is 11.0 Å². The van der Waals surface area contributed by atoms with Crippen LogP contribution in [0.15, 0.2) is 93.0 Å². The molecule has 1 atom stereocenters. The normalized spacial score (nSPS) is 15.5. The Morgan fingerprint density at radius 3 is 2.68 bits per heavy atom. The highest BCUT2D eigenvalue weighted by Gasteiger charge is 2.46. The van der Waals surface area contributed by atoms with Crippen LogP contribution >= 0.6 is 15.9 Å². The second kappa shape index (κ2) is 10.1. The van der Waals surface area contributed by atoms with Crippen molar-refractivity contribution in [1.82, 2.24) is 0 Å². The molecule has 1 aromatic heterocycles. The Labute approximate surface area is 222 Å². The van der Waals surface area contributed by atoms with E-state index in [2.05, 4.69) is 15.9 Å². The maximum atomic E-state index is 13.9. The van der Waals surface area contributed by atoms with Crippen molar-refractivity contribution in [3.05, 3.63) is 99.9 Å². The summed E-state index contributed by atoms with van der Waals surface area (Å²) in [5, 5.41) is 11.8. The van der Waals surface area contributed by atoms with Crippen molar-refractivity contribution in [1.29, 1.82) is 0 Å². The van der Waals surface area contributed by atoms with E-state index in [1.807, 2.05) is 19.1 Å². The van der Waals surface area contributed by atoms with Gasteiger partial charge in [0.05, 0.1) is 25.3 Å². The zero-order valence-electron chi connectivity index (χ0n) is 20.2. The zero-order valence-corrected chi connectivity index (χ0v) is 21.8. The van der Waals surface area contributed by atoms with E-state index in [0.717, 1.165) is 10.9 Å². The van der Waals surface area contributed by atoms with Crippen LogP contribution in [0.3, 0.4) is 0 Å². The minimum absolute atomic E-state index is 0.0178. The molecule has 188 valence electrons. The fourth-order valence-corrected chi connectivity index (χ4v) is 4.87. The molecule has 1 aliphatic rings. The number of halogens is 1. The molecule has 1 aliphatic heterocycles. The van der Waals surface area contributed by atoms with Crippen LogP contribution in [-0.2, 0) is 4.79 Å². The number of amides is 1. The first-order valence-corrected chi connectivity index (χ1v) is 12.6. The topological polar surface area (TPSA) is 89.2 Å². The molecule has 0 bridgehead atoms. The summed E-state index contributed by atoms with van der Waals surface area (Å²) in [5.41, 5.74) is 1.44. The smallest absolute Gasteiger partial charge is 0.294 e. The third-order valence-electron chi connectivity index (χ3n) is 6.16. The summed E-state index contributed by atoms with van der Waals surface area (Å²) in [5.74, 6) is -0.863. The van der Waals surface area contributed by atoms with Gasteiger partial charge in [-0.15, -0.1) is 0 Å². The second-order valence-electron chi connectivity index (χ2n) is 8.55. The summed E-state index contributed by atoms with van der Waals surface area (Å²) >= 11 is 3.42. The summed E-state index contributed by atoms with van der Waals surface area (Å²) in [6.45, 7) is 2.52. The van der Waals surface area contributed by atoms with Crippen molar-refractivity contribution in [2.45, 2.75) is 19.4 Å². The fourth-order valence-electron chi connectivity index (χ4n) is 4.49. The van der Waals surface area contributed by atoms with Crippen LogP contribution in [0.2, 0.25) is 0 Å². The van der Waals surface area contributed by atoms with Gasteiger partial charge in [-0.2, -0.15) is 0 Å². The number of ketones is 1. The van der Waals surface area contributed by atoms with Crippen molar-refractivity contribution in [3.8, 4) is 11.5 Å². The number of fused-ring (bicyclic) bond motifs is 1.